The second-order valence-electron chi connectivity index (χ2n) is 8.85. The summed E-state index contributed by atoms with van der Waals surface area (Å²) < 4.78 is 2.39. The maximum atomic E-state index is 2.82. The molecular formula is C19H30I2. The summed E-state index contributed by atoms with van der Waals surface area (Å²) in [5.41, 5.74) is 1.45. The summed E-state index contributed by atoms with van der Waals surface area (Å²) in [5, 5.41) is 0. The first-order chi connectivity index (χ1) is 10.1. The maximum absolute atomic E-state index is 2.82. The molecule has 7 atom stereocenters. The van der Waals surface area contributed by atoms with Crippen molar-refractivity contribution in [1.82, 2.24) is 0 Å². The van der Waals surface area contributed by atoms with Crippen LogP contribution in [0.3, 0.4) is 0 Å². The normalized spacial score (nSPS) is 56.4. The molecule has 0 nitrogen and oxygen atoms in total. The van der Waals surface area contributed by atoms with Crippen LogP contribution in [0.4, 0.5) is 0 Å². The van der Waals surface area contributed by atoms with Crippen LogP contribution in [0.5, 0.6) is 0 Å². The van der Waals surface area contributed by atoms with Gasteiger partial charge in [-0.3, -0.25) is 0 Å². The molecule has 0 aromatic heterocycles. The van der Waals surface area contributed by atoms with Crippen LogP contribution in [0.2, 0.25) is 0 Å². The molecule has 0 heterocycles. The van der Waals surface area contributed by atoms with Crippen molar-refractivity contribution in [3.05, 3.63) is 0 Å². The lowest BCUT2D eigenvalue weighted by Crippen LogP contribution is -2.54. The monoisotopic (exact) mass is 512 g/mol. The van der Waals surface area contributed by atoms with Gasteiger partial charge in [-0.2, -0.15) is 0 Å². The predicted molar refractivity (Wildman–Crippen MR) is 107 cm³/mol. The van der Waals surface area contributed by atoms with E-state index in [4.69, 9.17) is 0 Å². The molecule has 0 radical (unpaired) electrons. The third-order valence-electron chi connectivity index (χ3n) is 8.44. The lowest BCUT2D eigenvalue weighted by molar-refractivity contribution is -0.0997. The second kappa shape index (κ2) is 5.77. The highest BCUT2D eigenvalue weighted by atomic mass is 127. The van der Waals surface area contributed by atoms with Crippen LogP contribution in [0.15, 0.2) is 0 Å². The van der Waals surface area contributed by atoms with Crippen LogP contribution in [0.1, 0.15) is 71.1 Å². The van der Waals surface area contributed by atoms with Gasteiger partial charge in [0.05, 0.1) is 0 Å². The first-order valence-electron chi connectivity index (χ1n) is 9.32. The van der Waals surface area contributed by atoms with Crippen molar-refractivity contribution in [3.63, 3.8) is 0 Å². The quantitative estimate of drug-likeness (QED) is 0.273. The Bertz CT molecular complexity index is 408. The standard InChI is InChI=1S/C19H30I2/c1-18-10-3-2-4-13(18)5-6-14-15(18)9-11-19(12-20)16(14)7-8-17(19)21/h13-17H,2-12H2,1H3/t13-,14-,15+,16+,17+,18+,19-/m1/s1. The Labute approximate surface area is 158 Å². The van der Waals surface area contributed by atoms with Crippen molar-refractivity contribution in [2.24, 2.45) is 34.5 Å². The van der Waals surface area contributed by atoms with Gasteiger partial charge >= 0.3 is 0 Å². The van der Waals surface area contributed by atoms with E-state index >= 15 is 0 Å². The molecule has 0 aromatic carbocycles. The predicted octanol–water partition coefficient (Wildman–Crippen LogP) is 6.64. The zero-order valence-electron chi connectivity index (χ0n) is 13.4. The Morgan fingerprint density at radius 3 is 2.57 bits per heavy atom. The third-order valence-corrected chi connectivity index (χ3v) is 11.7. The Balaban J connectivity index is 1.65. The molecule has 4 saturated carbocycles. The summed E-state index contributed by atoms with van der Waals surface area (Å²) in [6.07, 6.45) is 15.5. The van der Waals surface area contributed by atoms with E-state index in [9.17, 15) is 0 Å². The Hall–Kier alpha value is 1.46. The number of rotatable bonds is 1. The molecule has 0 N–H and O–H groups in total. The minimum Gasteiger partial charge on any atom is -0.0857 e. The number of hydrogen-bond acceptors (Lipinski definition) is 0. The van der Waals surface area contributed by atoms with Gasteiger partial charge in [0, 0.05) is 8.35 Å². The summed E-state index contributed by atoms with van der Waals surface area (Å²) in [6.45, 7) is 2.71. The zero-order chi connectivity index (χ0) is 14.7. The Kier molecular flexibility index (Phi) is 4.38. The number of halogens is 2. The van der Waals surface area contributed by atoms with Crippen LogP contribution >= 0.6 is 45.2 Å². The van der Waals surface area contributed by atoms with Gasteiger partial charge in [0.15, 0.2) is 0 Å². The SMILES string of the molecule is C[C@]12CCCC[C@@H]1CC[C@@H]1[C@@H]2CC[C@]2(CI)[C@@H](I)CC[C@@H]12. The maximum Gasteiger partial charge on any atom is 0.0176 e. The summed E-state index contributed by atoms with van der Waals surface area (Å²) in [5.74, 6) is 4.33. The van der Waals surface area contributed by atoms with Gasteiger partial charge in [-0.25, -0.2) is 0 Å². The van der Waals surface area contributed by atoms with E-state index in [2.05, 4.69) is 52.1 Å². The molecule has 0 unspecified atom stereocenters. The van der Waals surface area contributed by atoms with Crippen molar-refractivity contribution >= 4 is 45.2 Å². The fourth-order valence-corrected chi connectivity index (χ4v) is 11.0. The molecule has 0 aromatic rings. The molecule has 120 valence electrons. The molecular weight excluding hydrogens is 482 g/mol. The average Bonchev–Trinajstić information content (AvgIpc) is 2.84. The largest absolute Gasteiger partial charge is 0.0857 e. The van der Waals surface area contributed by atoms with Crippen LogP contribution in [-0.4, -0.2) is 8.35 Å². The summed E-state index contributed by atoms with van der Waals surface area (Å²) in [6, 6.07) is 0. The molecule has 0 amide bonds. The Morgan fingerprint density at radius 2 is 1.76 bits per heavy atom. The van der Waals surface area contributed by atoms with Crippen molar-refractivity contribution in [3.8, 4) is 0 Å². The number of alkyl halides is 2. The second-order valence-corrected chi connectivity index (χ2v) is 11.1. The molecule has 0 aliphatic heterocycles. The first-order valence-corrected chi connectivity index (χ1v) is 12.1. The molecule has 4 aliphatic carbocycles. The van der Waals surface area contributed by atoms with Gasteiger partial charge in [0.25, 0.3) is 0 Å². The van der Waals surface area contributed by atoms with Gasteiger partial charge in [-0.1, -0.05) is 64.9 Å². The summed E-state index contributed by atoms with van der Waals surface area (Å²) in [4.78, 5) is 0. The highest BCUT2D eigenvalue weighted by Gasteiger charge is 2.60. The molecule has 4 rings (SSSR count). The van der Waals surface area contributed by atoms with E-state index in [1.54, 1.807) is 44.9 Å². The van der Waals surface area contributed by atoms with Crippen molar-refractivity contribution < 1.29 is 0 Å². The first kappa shape index (κ1) is 16.0. The van der Waals surface area contributed by atoms with E-state index in [1.165, 1.54) is 23.7 Å². The van der Waals surface area contributed by atoms with Gasteiger partial charge < -0.3 is 0 Å². The van der Waals surface area contributed by atoms with E-state index in [-0.39, 0.29) is 0 Å². The molecule has 0 bridgehead atoms. The average molecular weight is 512 g/mol. The molecule has 2 heteroatoms. The Morgan fingerprint density at radius 1 is 0.905 bits per heavy atom. The van der Waals surface area contributed by atoms with Gasteiger partial charge in [-0.15, -0.1) is 0 Å². The van der Waals surface area contributed by atoms with Crippen LogP contribution in [0.25, 0.3) is 0 Å². The summed E-state index contributed by atoms with van der Waals surface area (Å²) >= 11 is 5.55. The minimum absolute atomic E-state index is 0.722. The third kappa shape index (κ3) is 2.22. The van der Waals surface area contributed by atoms with Crippen molar-refractivity contribution in [2.45, 2.75) is 75.1 Å². The van der Waals surface area contributed by atoms with E-state index < -0.39 is 0 Å². The van der Waals surface area contributed by atoms with Gasteiger partial charge in [0.1, 0.15) is 0 Å². The number of hydrogen-bond donors (Lipinski definition) is 0. The minimum atomic E-state index is 0.722. The molecule has 21 heavy (non-hydrogen) atoms. The fourth-order valence-electron chi connectivity index (χ4n) is 7.29. The van der Waals surface area contributed by atoms with E-state index in [1.807, 2.05) is 0 Å². The molecule has 0 saturated heterocycles. The van der Waals surface area contributed by atoms with Crippen LogP contribution in [-0.2, 0) is 0 Å². The van der Waals surface area contributed by atoms with E-state index in [0.29, 0.717) is 0 Å². The van der Waals surface area contributed by atoms with Crippen molar-refractivity contribution in [2.75, 3.05) is 4.43 Å². The molecule has 4 fully saturated rings. The van der Waals surface area contributed by atoms with Crippen LogP contribution in [0, 0.1) is 34.5 Å². The highest BCUT2D eigenvalue weighted by Crippen LogP contribution is 2.67. The lowest BCUT2D eigenvalue weighted by Gasteiger charge is -2.60. The van der Waals surface area contributed by atoms with Gasteiger partial charge in [-0.05, 0) is 85.9 Å². The van der Waals surface area contributed by atoms with Crippen LogP contribution < -0.4 is 0 Å². The number of fused-ring (bicyclic) bond motifs is 5. The zero-order valence-corrected chi connectivity index (χ0v) is 17.7. The molecule has 4 aliphatic rings. The van der Waals surface area contributed by atoms with E-state index in [0.717, 1.165) is 38.4 Å². The summed E-state index contributed by atoms with van der Waals surface area (Å²) in [7, 11) is 0. The van der Waals surface area contributed by atoms with Crippen molar-refractivity contribution in [1.29, 1.82) is 0 Å². The topological polar surface area (TPSA) is 0 Å². The lowest BCUT2D eigenvalue weighted by atomic mass is 9.45. The smallest absolute Gasteiger partial charge is 0.0176 e. The van der Waals surface area contributed by atoms with Gasteiger partial charge in [0.2, 0.25) is 0 Å². The fraction of sp³-hybridized carbons (Fsp3) is 1.00. The molecule has 0 spiro atoms. The highest BCUT2D eigenvalue weighted by molar-refractivity contribution is 14.1.